The number of nitrogens with zero attached hydrogens (tertiary/aromatic N) is 1. The number of hydrogen-bond acceptors (Lipinski definition) is 2. The number of hydrogen-bond donors (Lipinski definition) is 1. The first-order valence-corrected chi connectivity index (χ1v) is 7.31. The SMILES string of the molecule is Cc1ccccc1N1CCCC2(CCNCC2)C1=O. The van der Waals surface area contributed by atoms with E-state index in [4.69, 9.17) is 0 Å². The fourth-order valence-corrected chi connectivity index (χ4v) is 3.54. The molecular weight excluding hydrogens is 236 g/mol. The number of aryl methyl sites for hydroxylation is 1. The van der Waals surface area contributed by atoms with E-state index in [2.05, 4.69) is 24.4 Å². The average Bonchev–Trinajstić information content (AvgIpc) is 2.44. The predicted molar refractivity (Wildman–Crippen MR) is 77.3 cm³/mol. The number of para-hydroxylation sites is 1. The Morgan fingerprint density at radius 1 is 1.16 bits per heavy atom. The van der Waals surface area contributed by atoms with Gasteiger partial charge in [0.2, 0.25) is 5.91 Å². The monoisotopic (exact) mass is 258 g/mol. The van der Waals surface area contributed by atoms with Crippen molar-refractivity contribution >= 4 is 11.6 Å². The van der Waals surface area contributed by atoms with Gasteiger partial charge in [0.05, 0.1) is 5.41 Å². The fourth-order valence-electron chi connectivity index (χ4n) is 3.54. The molecule has 3 heteroatoms. The summed E-state index contributed by atoms with van der Waals surface area (Å²) in [5.41, 5.74) is 2.21. The van der Waals surface area contributed by atoms with E-state index < -0.39 is 0 Å². The summed E-state index contributed by atoms with van der Waals surface area (Å²) in [5.74, 6) is 0.356. The van der Waals surface area contributed by atoms with Gasteiger partial charge in [0.25, 0.3) is 0 Å². The van der Waals surface area contributed by atoms with Crippen molar-refractivity contribution < 1.29 is 4.79 Å². The second-order valence-corrected chi connectivity index (χ2v) is 5.88. The Hall–Kier alpha value is -1.35. The Balaban J connectivity index is 1.91. The van der Waals surface area contributed by atoms with Crippen LogP contribution in [-0.4, -0.2) is 25.5 Å². The molecule has 0 aromatic heterocycles. The largest absolute Gasteiger partial charge is 0.317 e. The normalized spacial score (nSPS) is 22.8. The first-order valence-electron chi connectivity index (χ1n) is 7.31. The minimum atomic E-state index is -0.0915. The Kier molecular flexibility index (Phi) is 3.31. The number of benzene rings is 1. The first-order chi connectivity index (χ1) is 9.23. The Bertz CT molecular complexity index is 472. The van der Waals surface area contributed by atoms with Crippen molar-refractivity contribution in [2.24, 2.45) is 5.41 Å². The maximum atomic E-state index is 13.0. The highest BCUT2D eigenvalue weighted by molar-refractivity contribution is 5.99. The van der Waals surface area contributed by atoms with Crippen LogP contribution in [0.1, 0.15) is 31.2 Å². The number of anilines is 1. The summed E-state index contributed by atoms with van der Waals surface area (Å²) in [6.07, 6.45) is 4.18. The van der Waals surface area contributed by atoms with Gasteiger partial charge in [0.15, 0.2) is 0 Å². The summed E-state index contributed by atoms with van der Waals surface area (Å²) < 4.78 is 0. The summed E-state index contributed by atoms with van der Waals surface area (Å²) >= 11 is 0. The summed E-state index contributed by atoms with van der Waals surface area (Å²) in [4.78, 5) is 15.0. The van der Waals surface area contributed by atoms with E-state index in [1.165, 1.54) is 5.56 Å². The van der Waals surface area contributed by atoms with Crippen LogP contribution >= 0.6 is 0 Å². The number of carbonyl (C=O) groups is 1. The molecule has 0 saturated carbocycles. The van der Waals surface area contributed by atoms with Crippen LogP contribution in [0.15, 0.2) is 24.3 Å². The Labute approximate surface area is 115 Å². The van der Waals surface area contributed by atoms with Crippen LogP contribution < -0.4 is 10.2 Å². The van der Waals surface area contributed by atoms with Crippen LogP contribution in [-0.2, 0) is 4.79 Å². The van der Waals surface area contributed by atoms with Gasteiger partial charge in [0, 0.05) is 12.2 Å². The van der Waals surface area contributed by atoms with Crippen molar-refractivity contribution in [3.8, 4) is 0 Å². The van der Waals surface area contributed by atoms with Gasteiger partial charge >= 0.3 is 0 Å². The zero-order valence-electron chi connectivity index (χ0n) is 11.6. The summed E-state index contributed by atoms with van der Waals surface area (Å²) in [7, 11) is 0. The van der Waals surface area contributed by atoms with Gasteiger partial charge < -0.3 is 10.2 Å². The molecule has 0 atom stereocenters. The summed E-state index contributed by atoms with van der Waals surface area (Å²) in [6.45, 7) is 4.92. The maximum absolute atomic E-state index is 13.0. The maximum Gasteiger partial charge on any atom is 0.233 e. The lowest BCUT2D eigenvalue weighted by molar-refractivity contribution is -0.132. The van der Waals surface area contributed by atoms with E-state index in [0.717, 1.165) is 51.0 Å². The number of amides is 1. The van der Waals surface area contributed by atoms with E-state index in [1.54, 1.807) is 0 Å². The third kappa shape index (κ3) is 2.16. The van der Waals surface area contributed by atoms with Gasteiger partial charge in [0.1, 0.15) is 0 Å². The van der Waals surface area contributed by atoms with Gasteiger partial charge in [-0.1, -0.05) is 18.2 Å². The molecule has 0 bridgehead atoms. The lowest BCUT2D eigenvalue weighted by Crippen LogP contribution is -2.53. The molecule has 102 valence electrons. The van der Waals surface area contributed by atoms with Crippen LogP contribution in [0, 0.1) is 12.3 Å². The number of carbonyl (C=O) groups excluding carboxylic acids is 1. The van der Waals surface area contributed by atoms with Gasteiger partial charge in [-0.2, -0.15) is 0 Å². The third-order valence-corrected chi connectivity index (χ3v) is 4.70. The molecule has 2 saturated heterocycles. The highest BCUT2D eigenvalue weighted by atomic mass is 16.2. The van der Waals surface area contributed by atoms with Gasteiger partial charge in [-0.05, 0) is 57.3 Å². The zero-order valence-corrected chi connectivity index (χ0v) is 11.6. The average molecular weight is 258 g/mol. The molecule has 0 radical (unpaired) electrons. The molecule has 2 aliphatic rings. The van der Waals surface area contributed by atoms with Crippen LogP contribution in [0.3, 0.4) is 0 Å². The van der Waals surface area contributed by atoms with Gasteiger partial charge in [-0.25, -0.2) is 0 Å². The van der Waals surface area contributed by atoms with E-state index in [9.17, 15) is 4.79 Å². The van der Waals surface area contributed by atoms with Crippen LogP contribution in [0.5, 0.6) is 0 Å². The molecule has 1 spiro atoms. The lowest BCUT2D eigenvalue weighted by Gasteiger charge is -2.44. The minimum Gasteiger partial charge on any atom is -0.317 e. The van der Waals surface area contributed by atoms with Gasteiger partial charge in [-0.3, -0.25) is 4.79 Å². The highest BCUT2D eigenvalue weighted by Gasteiger charge is 2.44. The molecule has 3 nitrogen and oxygen atoms in total. The van der Waals surface area contributed by atoms with E-state index >= 15 is 0 Å². The van der Waals surface area contributed by atoms with E-state index in [-0.39, 0.29) is 5.41 Å². The Morgan fingerprint density at radius 3 is 2.63 bits per heavy atom. The molecule has 1 amide bonds. The van der Waals surface area contributed by atoms with Gasteiger partial charge in [-0.15, -0.1) is 0 Å². The predicted octanol–water partition coefficient (Wildman–Crippen LogP) is 2.49. The molecule has 3 rings (SSSR count). The first kappa shape index (κ1) is 12.7. The van der Waals surface area contributed by atoms with Crippen LogP contribution in [0.2, 0.25) is 0 Å². The lowest BCUT2D eigenvalue weighted by atomic mass is 9.72. The standard InChI is InChI=1S/C16H22N2O/c1-13-5-2-3-6-14(13)18-12-4-7-16(15(18)19)8-10-17-11-9-16/h2-3,5-6,17H,4,7-12H2,1H3. The molecular formula is C16H22N2O. The topological polar surface area (TPSA) is 32.3 Å². The number of rotatable bonds is 1. The fraction of sp³-hybridized carbons (Fsp3) is 0.562. The number of piperidine rings is 2. The molecule has 2 heterocycles. The van der Waals surface area contributed by atoms with Crippen LogP contribution in [0.4, 0.5) is 5.69 Å². The van der Waals surface area contributed by atoms with Crippen molar-refractivity contribution in [3.05, 3.63) is 29.8 Å². The third-order valence-electron chi connectivity index (χ3n) is 4.70. The smallest absolute Gasteiger partial charge is 0.233 e. The molecule has 0 aliphatic carbocycles. The molecule has 0 unspecified atom stereocenters. The van der Waals surface area contributed by atoms with Crippen LogP contribution in [0.25, 0.3) is 0 Å². The second kappa shape index (κ2) is 4.97. The van der Waals surface area contributed by atoms with Crippen molar-refractivity contribution in [2.75, 3.05) is 24.5 Å². The zero-order chi connectivity index (χ0) is 13.3. The quantitative estimate of drug-likeness (QED) is 0.839. The minimum absolute atomic E-state index is 0.0915. The molecule has 2 fully saturated rings. The molecule has 2 aliphatic heterocycles. The molecule has 19 heavy (non-hydrogen) atoms. The molecule has 1 aromatic rings. The highest BCUT2D eigenvalue weighted by Crippen LogP contribution is 2.41. The second-order valence-electron chi connectivity index (χ2n) is 5.88. The van der Waals surface area contributed by atoms with E-state index in [0.29, 0.717) is 5.91 Å². The summed E-state index contributed by atoms with van der Waals surface area (Å²) in [6, 6.07) is 8.23. The van der Waals surface area contributed by atoms with E-state index in [1.807, 2.05) is 17.0 Å². The summed E-state index contributed by atoms with van der Waals surface area (Å²) in [5, 5.41) is 3.37. The molecule has 1 aromatic carbocycles. The Morgan fingerprint density at radius 2 is 1.89 bits per heavy atom. The molecule has 1 N–H and O–H groups in total. The van der Waals surface area contributed by atoms with Crippen molar-refractivity contribution in [2.45, 2.75) is 32.6 Å². The van der Waals surface area contributed by atoms with Crippen molar-refractivity contribution in [3.63, 3.8) is 0 Å². The van der Waals surface area contributed by atoms with Crippen molar-refractivity contribution in [1.82, 2.24) is 5.32 Å². The van der Waals surface area contributed by atoms with Crippen molar-refractivity contribution in [1.29, 1.82) is 0 Å². The number of nitrogens with one attached hydrogen (secondary N) is 1.